The van der Waals surface area contributed by atoms with Crippen molar-refractivity contribution in [2.75, 3.05) is 49.1 Å². The molecule has 0 atom stereocenters. The minimum absolute atomic E-state index is 0.0536. The van der Waals surface area contributed by atoms with Crippen molar-refractivity contribution in [1.29, 1.82) is 0 Å². The summed E-state index contributed by atoms with van der Waals surface area (Å²) in [6, 6.07) is 13.3. The summed E-state index contributed by atoms with van der Waals surface area (Å²) in [5.41, 5.74) is 1.65. The van der Waals surface area contributed by atoms with Crippen LogP contribution >= 0.6 is 23.2 Å². The summed E-state index contributed by atoms with van der Waals surface area (Å²) in [5, 5.41) is 9.78. The van der Waals surface area contributed by atoms with Crippen LogP contribution in [0.3, 0.4) is 0 Å². The Morgan fingerprint density at radius 2 is 1.67 bits per heavy atom. The second kappa shape index (κ2) is 9.61. The van der Waals surface area contributed by atoms with Crippen LogP contribution in [-0.2, 0) is 4.79 Å². The van der Waals surface area contributed by atoms with E-state index in [1.54, 1.807) is 12.3 Å². The number of anilines is 2. The van der Waals surface area contributed by atoms with E-state index in [1.165, 1.54) is 0 Å². The Morgan fingerprint density at radius 3 is 2.33 bits per heavy atom. The smallest absolute Gasteiger partial charge is 0.225 e. The lowest BCUT2D eigenvalue weighted by molar-refractivity contribution is -0.136. The number of furan rings is 1. The van der Waals surface area contributed by atoms with Crippen molar-refractivity contribution in [2.24, 2.45) is 5.92 Å². The van der Waals surface area contributed by atoms with Gasteiger partial charge in [-0.05, 0) is 49.2 Å². The first kappa shape index (κ1) is 22.0. The number of hydrogen-bond acceptors (Lipinski definition) is 6. The van der Waals surface area contributed by atoms with Gasteiger partial charge in [0.25, 0.3) is 0 Å². The summed E-state index contributed by atoms with van der Waals surface area (Å²) in [7, 11) is 0. The summed E-state index contributed by atoms with van der Waals surface area (Å²) in [6.07, 6.45) is 3.26. The molecule has 0 radical (unpaired) electrons. The Labute approximate surface area is 202 Å². The fourth-order valence-electron chi connectivity index (χ4n) is 4.57. The summed E-state index contributed by atoms with van der Waals surface area (Å²) in [6.45, 7) is 4.49. The minimum atomic E-state index is 0.0536. The van der Waals surface area contributed by atoms with E-state index >= 15 is 0 Å². The quantitative estimate of drug-likeness (QED) is 0.537. The second-order valence-corrected chi connectivity index (χ2v) is 9.19. The fraction of sp³-hybridized carbons (Fsp3) is 0.375. The molecule has 1 aromatic carbocycles. The van der Waals surface area contributed by atoms with Crippen LogP contribution in [0.1, 0.15) is 12.8 Å². The molecular formula is C24H25Cl2N5O2. The van der Waals surface area contributed by atoms with E-state index in [0.29, 0.717) is 34.6 Å². The molecule has 4 heterocycles. The molecule has 2 aromatic heterocycles. The summed E-state index contributed by atoms with van der Waals surface area (Å²) < 4.78 is 5.37. The van der Waals surface area contributed by atoms with Gasteiger partial charge < -0.3 is 19.1 Å². The highest BCUT2D eigenvalue weighted by Gasteiger charge is 2.31. The Morgan fingerprint density at radius 1 is 0.879 bits per heavy atom. The number of hydrogen-bond donors (Lipinski definition) is 0. The first-order valence-electron chi connectivity index (χ1n) is 11.2. The van der Waals surface area contributed by atoms with E-state index in [9.17, 15) is 4.79 Å². The van der Waals surface area contributed by atoms with Gasteiger partial charge in [-0.3, -0.25) is 4.79 Å². The highest BCUT2D eigenvalue weighted by Crippen LogP contribution is 2.33. The topological polar surface area (TPSA) is 65.7 Å². The van der Waals surface area contributed by atoms with E-state index in [2.05, 4.69) is 20.0 Å². The third-order valence-electron chi connectivity index (χ3n) is 6.46. The molecule has 1 amide bonds. The van der Waals surface area contributed by atoms with Gasteiger partial charge in [-0.2, -0.15) is 0 Å². The molecule has 0 spiro atoms. The van der Waals surface area contributed by atoms with Crippen LogP contribution in [0.15, 0.2) is 53.1 Å². The highest BCUT2D eigenvalue weighted by molar-refractivity contribution is 6.43. The predicted molar refractivity (Wildman–Crippen MR) is 130 cm³/mol. The summed E-state index contributed by atoms with van der Waals surface area (Å²) in [5.74, 6) is 1.85. The largest absolute Gasteiger partial charge is 0.463 e. The minimum Gasteiger partial charge on any atom is -0.463 e. The molecule has 2 saturated heterocycles. The maximum Gasteiger partial charge on any atom is 0.225 e. The van der Waals surface area contributed by atoms with E-state index in [0.717, 1.165) is 50.5 Å². The predicted octanol–water partition coefficient (Wildman–Crippen LogP) is 4.61. The number of nitrogens with zero attached hydrogens (tertiary/aromatic N) is 5. The third kappa shape index (κ3) is 4.66. The Kier molecular flexibility index (Phi) is 6.42. The van der Waals surface area contributed by atoms with Crippen LogP contribution in [0.25, 0.3) is 11.5 Å². The van der Waals surface area contributed by atoms with Gasteiger partial charge in [0.05, 0.1) is 22.0 Å². The number of benzene rings is 1. The highest BCUT2D eigenvalue weighted by atomic mass is 35.5. The molecular weight excluding hydrogens is 461 g/mol. The lowest BCUT2D eigenvalue weighted by Gasteiger charge is -2.39. The molecule has 0 N–H and O–H groups in total. The molecule has 7 nitrogen and oxygen atoms in total. The standard InChI is InChI=1S/C24H25Cl2N5O2/c25-18-3-1-4-20(23(18)26)29-12-14-31(15-13-29)24(32)17-8-10-30(11-9-17)22-7-6-19(27-28-22)21-5-2-16-33-21/h1-7,16-17H,8-15H2. The van der Waals surface area contributed by atoms with Crippen LogP contribution in [0.2, 0.25) is 10.0 Å². The zero-order valence-electron chi connectivity index (χ0n) is 18.2. The first-order chi connectivity index (χ1) is 16.1. The monoisotopic (exact) mass is 485 g/mol. The lowest BCUT2D eigenvalue weighted by atomic mass is 9.95. The van der Waals surface area contributed by atoms with Crippen LogP contribution in [0.4, 0.5) is 11.5 Å². The number of rotatable bonds is 4. The number of amides is 1. The maximum atomic E-state index is 13.1. The van der Waals surface area contributed by atoms with E-state index < -0.39 is 0 Å². The van der Waals surface area contributed by atoms with Crippen LogP contribution in [0.5, 0.6) is 0 Å². The number of piperidine rings is 1. The molecule has 0 unspecified atom stereocenters. The molecule has 5 rings (SSSR count). The fourth-order valence-corrected chi connectivity index (χ4v) is 4.98. The average Bonchev–Trinajstić information content (AvgIpc) is 3.41. The first-order valence-corrected chi connectivity index (χ1v) is 12.0. The molecule has 0 bridgehead atoms. The van der Waals surface area contributed by atoms with Crippen LogP contribution in [0, 0.1) is 5.92 Å². The van der Waals surface area contributed by atoms with Gasteiger partial charge >= 0.3 is 0 Å². The van der Waals surface area contributed by atoms with Crippen molar-refractivity contribution in [3.63, 3.8) is 0 Å². The van der Waals surface area contributed by atoms with Gasteiger partial charge in [-0.1, -0.05) is 29.3 Å². The molecule has 3 aromatic rings. The van der Waals surface area contributed by atoms with Gasteiger partial charge in [0.15, 0.2) is 11.6 Å². The normalized spacial score (nSPS) is 17.5. The Hall–Kier alpha value is -2.77. The van der Waals surface area contributed by atoms with Crippen LogP contribution < -0.4 is 9.80 Å². The van der Waals surface area contributed by atoms with Crippen LogP contribution in [-0.4, -0.2) is 60.3 Å². The lowest BCUT2D eigenvalue weighted by Crippen LogP contribution is -2.51. The van der Waals surface area contributed by atoms with E-state index in [1.807, 2.05) is 41.3 Å². The molecule has 0 saturated carbocycles. The molecule has 2 aliphatic heterocycles. The van der Waals surface area contributed by atoms with E-state index in [4.69, 9.17) is 27.6 Å². The van der Waals surface area contributed by atoms with Crippen molar-refractivity contribution >= 4 is 40.6 Å². The summed E-state index contributed by atoms with van der Waals surface area (Å²) >= 11 is 12.5. The Bertz CT molecular complexity index is 1090. The van der Waals surface area contributed by atoms with Gasteiger partial charge in [0.1, 0.15) is 5.69 Å². The summed E-state index contributed by atoms with van der Waals surface area (Å²) in [4.78, 5) is 19.5. The number of aromatic nitrogens is 2. The third-order valence-corrected chi connectivity index (χ3v) is 7.26. The van der Waals surface area contributed by atoms with Gasteiger partial charge in [-0.15, -0.1) is 10.2 Å². The number of carbonyl (C=O) groups is 1. The van der Waals surface area contributed by atoms with Crippen molar-refractivity contribution < 1.29 is 9.21 Å². The second-order valence-electron chi connectivity index (χ2n) is 8.40. The van der Waals surface area contributed by atoms with Crippen molar-refractivity contribution in [2.45, 2.75) is 12.8 Å². The SMILES string of the molecule is O=C(C1CCN(c2ccc(-c3ccco3)nn2)CC1)N1CCN(c2cccc(Cl)c2Cl)CC1. The van der Waals surface area contributed by atoms with Gasteiger partial charge in [0, 0.05) is 45.2 Å². The maximum absolute atomic E-state index is 13.1. The number of halogens is 2. The zero-order valence-corrected chi connectivity index (χ0v) is 19.7. The molecule has 172 valence electrons. The van der Waals surface area contributed by atoms with Crippen molar-refractivity contribution in [3.05, 3.63) is 58.8 Å². The van der Waals surface area contributed by atoms with Crippen molar-refractivity contribution in [1.82, 2.24) is 15.1 Å². The average molecular weight is 486 g/mol. The molecule has 9 heteroatoms. The van der Waals surface area contributed by atoms with E-state index in [-0.39, 0.29) is 11.8 Å². The molecule has 0 aliphatic carbocycles. The van der Waals surface area contributed by atoms with Crippen molar-refractivity contribution in [3.8, 4) is 11.5 Å². The number of carbonyl (C=O) groups excluding carboxylic acids is 1. The molecule has 2 aliphatic rings. The molecule has 2 fully saturated rings. The molecule has 33 heavy (non-hydrogen) atoms. The number of piperazine rings is 1. The zero-order chi connectivity index (χ0) is 22.8. The Balaban J connectivity index is 1.13. The van der Waals surface area contributed by atoms with Gasteiger partial charge in [0.2, 0.25) is 5.91 Å². The van der Waals surface area contributed by atoms with Gasteiger partial charge in [-0.25, -0.2) is 0 Å².